The van der Waals surface area contributed by atoms with E-state index < -0.39 is 23.9 Å². The van der Waals surface area contributed by atoms with Gasteiger partial charge < -0.3 is 10.4 Å². The second-order valence-corrected chi connectivity index (χ2v) is 4.11. The van der Waals surface area contributed by atoms with Crippen molar-refractivity contribution in [2.45, 2.75) is 32.7 Å². The SMILES string of the molecule is CCNC(=O)NC(=O)C(C)n1cc(CCC(=O)O)nn1. The van der Waals surface area contributed by atoms with Crippen LogP contribution < -0.4 is 10.6 Å². The first-order valence-corrected chi connectivity index (χ1v) is 6.15. The molecule has 1 unspecified atom stereocenters. The van der Waals surface area contributed by atoms with E-state index in [9.17, 15) is 14.4 Å². The fourth-order valence-corrected chi connectivity index (χ4v) is 1.39. The average Bonchev–Trinajstić information content (AvgIpc) is 2.84. The molecule has 1 atom stereocenters. The van der Waals surface area contributed by atoms with Crippen LogP contribution in [0.2, 0.25) is 0 Å². The summed E-state index contributed by atoms with van der Waals surface area (Å²) in [4.78, 5) is 33.4. The van der Waals surface area contributed by atoms with E-state index in [1.54, 1.807) is 13.8 Å². The number of aryl methyl sites for hydroxylation is 1. The number of nitrogens with zero attached hydrogens (tertiary/aromatic N) is 3. The molecule has 1 heterocycles. The number of urea groups is 1. The number of amides is 3. The van der Waals surface area contributed by atoms with Crippen molar-refractivity contribution in [1.29, 1.82) is 0 Å². The molecule has 1 aromatic rings. The van der Waals surface area contributed by atoms with Crippen molar-refractivity contribution in [3.63, 3.8) is 0 Å². The molecule has 0 bridgehead atoms. The van der Waals surface area contributed by atoms with Gasteiger partial charge in [-0.15, -0.1) is 5.10 Å². The molecule has 0 radical (unpaired) electrons. The molecule has 0 saturated heterocycles. The number of aliphatic carboxylic acids is 1. The zero-order chi connectivity index (χ0) is 15.1. The van der Waals surface area contributed by atoms with Crippen LogP contribution in [0.4, 0.5) is 4.79 Å². The Balaban J connectivity index is 2.58. The van der Waals surface area contributed by atoms with Gasteiger partial charge in [0.25, 0.3) is 5.91 Å². The van der Waals surface area contributed by atoms with E-state index in [-0.39, 0.29) is 12.8 Å². The van der Waals surface area contributed by atoms with Crippen molar-refractivity contribution >= 4 is 17.9 Å². The topological polar surface area (TPSA) is 126 Å². The van der Waals surface area contributed by atoms with Crippen LogP contribution >= 0.6 is 0 Å². The molecule has 3 N–H and O–H groups in total. The van der Waals surface area contributed by atoms with E-state index in [1.165, 1.54) is 10.9 Å². The van der Waals surface area contributed by atoms with Crippen LogP contribution in [0.1, 0.15) is 32.0 Å². The highest BCUT2D eigenvalue weighted by Gasteiger charge is 2.18. The van der Waals surface area contributed by atoms with Crippen LogP contribution in [0.5, 0.6) is 0 Å². The number of hydrogen-bond donors (Lipinski definition) is 3. The average molecular weight is 283 g/mol. The first-order valence-electron chi connectivity index (χ1n) is 6.15. The second kappa shape index (κ2) is 7.22. The van der Waals surface area contributed by atoms with E-state index in [1.807, 2.05) is 0 Å². The van der Waals surface area contributed by atoms with Crippen molar-refractivity contribution in [2.75, 3.05) is 6.54 Å². The normalized spacial score (nSPS) is 11.7. The minimum atomic E-state index is -0.929. The van der Waals surface area contributed by atoms with E-state index in [0.717, 1.165) is 0 Å². The van der Waals surface area contributed by atoms with Crippen molar-refractivity contribution in [3.05, 3.63) is 11.9 Å². The van der Waals surface area contributed by atoms with Crippen LogP contribution in [-0.2, 0) is 16.0 Å². The van der Waals surface area contributed by atoms with Gasteiger partial charge in [0.15, 0.2) is 0 Å². The molecule has 1 aromatic heterocycles. The lowest BCUT2D eigenvalue weighted by atomic mass is 10.2. The molecule has 0 spiro atoms. The Kier molecular flexibility index (Phi) is 5.63. The monoisotopic (exact) mass is 283 g/mol. The van der Waals surface area contributed by atoms with Crippen LogP contribution in [0.15, 0.2) is 6.20 Å². The van der Waals surface area contributed by atoms with Crippen molar-refractivity contribution in [1.82, 2.24) is 25.6 Å². The maximum absolute atomic E-state index is 11.7. The van der Waals surface area contributed by atoms with Crippen molar-refractivity contribution < 1.29 is 19.5 Å². The maximum Gasteiger partial charge on any atom is 0.321 e. The molecule has 9 nitrogen and oxygen atoms in total. The van der Waals surface area contributed by atoms with Gasteiger partial charge in [-0.25, -0.2) is 9.48 Å². The van der Waals surface area contributed by atoms with Crippen molar-refractivity contribution in [3.8, 4) is 0 Å². The Labute approximate surface area is 115 Å². The standard InChI is InChI=1S/C11H17N5O4/c1-3-12-11(20)13-10(19)7(2)16-6-8(14-15-16)4-5-9(17)18/h6-7H,3-5H2,1-2H3,(H,17,18)(H2,12,13,19,20). The number of nitrogens with one attached hydrogen (secondary N) is 2. The van der Waals surface area contributed by atoms with Gasteiger partial charge in [0.2, 0.25) is 0 Å². The quantitative estimate of drug-likeness (QED) is 0.658. The first-order chi connectivity index (χ1) is 9.43. The van der Waals surface area contributed by atoms with Gasteiger partial charge >= 0.3 is 12.0 Å². The number of imide groups is 1. The van der Waals surface area contributed by atoms with Gasteiger partial charge in [-0.1, -0.05) is 5.21 Å². The highest BCUT2D eigenvalue weighted by atomic mass is 16.4. The van der Waals surface area contributed by atoms with Gasteiger partial charge in [0.05, 0.1) is 12.1 Å². The third kappa shape index (κ3) is 4.67. The Hall–Kier alpha value is -2.45. The molecule has 0 saturated carbocycles. The zero-order valence-electron chi connectivity index (χ0n) is 11.3. The van der Waals surface area contributed by atoms with E-state index in [0.29, 0.717) is 12.2 Å². The summed E-state index contributed by atoms with van der Waals surface area (Å²) in [5.74, 6) is -1.45. The molecule has 0 fully saturated rings. The lowest BCUT2D eigenvalue weighted by molar-refractivity contribution is -0.137. The number of carbonyl (C=O) groups is 3. The predicted octanol–water partition coefficient (Wildman–Crippen LogP) is -0.298. The molecule has 1 rings (SSSR count). The van der Waals surface area contributed by atoms with Gasteiger partial charge in [-0.3, -0.25) is 14.9 Å². The lowest BCUT2D eigenvalue weighted by Gasteiger charge is -2.11. The third-order valence-electron chi connectivity index (χ3n) is 2.50. The summed E-state index contributed by atoms with van der Waals surface area (Å²) in [6, 6.07) is -1.29. The molecule has 3 amide bonds. The van der Waals surface area contributed by atoms with E-state index in [2.05, 4.69) is 20.9 Å². The summed E-state index contributed by atoms with van der Waals surface area (Å²) in [6.07, 6.45) is 1.67. The summed E-state index contributed by atoms with van der Waals surface area (Å²) in [7, 11) is 0. The Morgan fingerprint density at radius 3 is 2.75 bits per heavy atom. The fourth-order valence-electron chi connectivity index (χ4n) is 1.39. The molecule has 9 heteroatoms. The van der Waals surface area contributed by atoms with E-state index >= 15 is 0 Å². The van der Waals surface area contributed by atoms with Crippen LogP contribution in [0.3, 0.4) is 0 Å². The Morgan fingerprint density at radius 2 is 2.15 bits per heavy atom. The number of carbonyl (C=O) groups excluding carboxylic acids is 2. The fraction of sp³-hybridized carbons (Fsp3) is 0.545. The lowest BCUT2D eigenvalue weighted by Crippen LogP contribution is -2.42. The number of aromatic nitrogens is 3. The third-order valence-corrected chi connectivity index (χ3v) is 2.50. The van der Waals surface area contributed by atoms with Gasteiger partial charge in [0, 0.05) is 19.2 Å². The number of carboxylic acids is 1. The molecular weight excluding hydrogens is 266 g/mol. The molecule has 20 heavy (non-hydrogen) atoms. The maximum atomic E-state index is 11.7. The summed E-state index contributed by atoms with van der Waals surface area (Å²) >= 11 is 0. The minimum Gasteiger partial charge on any atom is -0.481 e. The highest BCUT2D eigenvalue weighted by Crippen LogP contribution is 2.06. The Morgan fingerprint density at radius 1 is 1.45 bits per heavy atom. The van der Waals surface area contributed by atoms with Crippen molar-refractivity contribution in [2.24, 2.45) is 0 Å². The summed E-state index contributed by atoms with van der Waals surface area (Å²) < 4.78 is 1.28. The highest BCUT2D eigenvalue weighted by molar-refractivity contribution is 5.95. The second-order valence-electron chi connectivity index (χ2n) is 4.11. The minimum absolute atomic E-state index is 0.0574. The molecule has 0 aliphatic rings. The molecular formula is C11H17N5O4. The first kappa shape index (κ1) is 15.6. The Bertz CT molecular complexity index is 499. The largest absolute Gasteiger partial charge is 0.481 e. The number of rotatable bonds is 6. The van der Waals surface area contributed by atoms with Crippen LogP contribution in [-0.4, -0.2) is 44.6 Å². The van der Waals surface area contributed by atoms with Gasteiger partial charge in [-0.2, -0.15) is 0 Å². The van der Waals surface area contributed by atoms with Crippen LogP contribution in [0.25, 0.3) is 0 Å². The van der Waals surface area contributed by atoms with E-state index in [4.69, 9.17) is 5.11 Å². The number of hydrogen-bond acceptors (Lipinski definition) is 5. The zero-order valence-corrected chi connectivity index (χ0v) is 11.3. The molecule has 0 aliphatic heterocycles. The predicted molar refractivity (Wildman–Crippen MR) is 67.9 cm³/mol. The summed E-state index contributed by atoms with van der Waals surface area (Å²) in [5.41, 5.74) is 0.477. The summed E-state index contributed by atoms with van der Waals surface area (Å²) in [5, 5.41) is 20.7. The molecule has 0 aromatic carbocycles. The van der Waals surface area contributed by atoms with Gasteiger partial charge in [-0.05, 0) is 13.8 Å². The number of carboxylic acid groups (broad SMARTS) is 1. The molecule has 0 aliphatic carbocycles. The summed E-state index contributed by atoms with van der Waals surface area (Å²) in [6.45, 7) is 3.71. The smallest absolute Gasteiger partial charge is 0.321 e. The van der Waals surface area contributed by atoms with Gasteiger partial charge in [0.1, 0.15) is 6.04 Å². The van der Waals surface area contributed by atoms with Crippen LogP contribution in [0, 0.1) is 0 Å². The molecule has 110 valence electrons.